The van der Waals surface area contributed by atoms with Gasteiger partial charge in [0.25, 0.3) is 0 Å². The summed E-state index contributed by atoms with van der Waals surface area (Å²) in [5.41, 5.74) is 2.76. The first-order valence-corrected chi connectivity index (χ1v) is 5.84. The van der Waals surface area contributed by atoms with Crippen molar-refractivity contribution in [2.75, 3.05) is 6.54 Å². The number of nitrogens with one attached hydrogen (secondary N) is 1. The van der Waals surface area contributed by atoms with E-state index in [2.05, 4.69) is 67.6 Å². The van der Waals surface area contributed by atoms with Crippen LogP contribution < -0.4 is 4.90 Å². The number of para-hydroxylation sites is 1. The molecule has 0 bridgehead atoms. The van der Waals surface area contributed by atoms with E-state index in [0.29, 0.717) is 0 Å². The fourth-order valence-electron chi connectivity index (χ4n) is 1.95. The van der Waals surface area contributed by atoms with Gasteiger partial charge < -0.3 is 0 Å². The SMILES string of the molecule is CC[NH+](Cc1ccccc1)c1ccccc1. The lowest BCUT2D eigenvalue weighted by Crippen LogP contribution is -3.05. The molecule has 0 aliphatic carbocycles. The molecule has 0 heterocycles. The van der Waals surface area contributed by atoms with Crippen molar-refractivity contribution in [1.29, 1.82) is 0 Å². The predicted molar refractivity (Wildman–Crippen MR) is 67.8 cm³/mol. The quantitative estimate of drug-likeness (QED) is 0.794. The van der Waals surface area contributed by atoms with Gasteiger partial charge in [-0.2, -0.15) is 0 Å². The Hall–Kier alpha value is -1.60. The molecule has 1 unspecified atom stereocenters. The van der Waals surface area contributed by atoms with Crippen LogP contribution in [0.5, 0.6) is 0 Å². The molecule has 2 aromatic rings. The van der Waals surface area contributed by atoms with Crippen molar-refractivity contribution >= 4 is 5.69 Å². The van der Waals surface area contributed by atoms with Gasteiger partial charge in [0, 0.05) is 5.56 Å². The van der Waals surface area contributed by atoms with Crippen LogP contribution >= 0.6 is 0 Å². The van der Waals surface area contributed by atoms with Crippen LogP contribution in [0.15, 0.2) is 60.7 Å². The summed E-state index contributed by atoms with van der Waals surface area (Å²) in [6.45, 7) is 4.39. The third-order valence-electron chi connectivity index (χ3n) is 2.87. The molecular formula is C15H18N+. The molecule has 2 rings (SSSR count). The van der Waals surface area contributed by atoms with Crippen molar-refractivity contribution in [3.05, 3.63) is 66.2 Å². The summed E-state index contributed by atoms with van der Waals surface area (Å²) in [6.07, 6.45) is 0. The highest BCUT2D eigenvalue weighted by Crippen LogP contribution is 2.01. The van der Waals surface area contributed by atoms with E-state index in [4.69, 9.17) is 0 Å². The predicted octanol–water partition coefficient (Wildman–Crippen LogP) is 2.42. The molecule has 1 heteroatoms. The monoisotopic (exact) mass is 212 g/mol. The molecule has 2 aromatic carbocycles. The number of hydrogen-bond acceptors (Lipinski definition) is 0. The van der Waals surface area contributed by atoms with Crippen molar-refractivity contribution in [3.63, 3.8) is 0 Å². The summed E-state index contributed by atoms with van der Waals surface area (Å²) in [4.78, 5) is 1.51. The third-order valence-corrected chi connectivity index (χ3v) is 2.87. The summed E-state index contributed by atoms with van der Waals surface area (Å²) in [7, 11) is 0. The van der Waals surface area contributed by atoms with Crippen LogP contribution in [-0.2, 0) is 6.54 Å². The van der Waals surface area contributed by atoms with E-state index in [1.807, 2.05) is 0 Å². The maximum Gasteiger partial charge on any atom is 0.131 e. The Balaban J connectivity index is 2.13. The van der Waals surface area contributed by atoms with Gasteiger partial charge in [-0.15, -0.1) is 0 Å². The zero-order chi connectivity index (χ0) is 11.2. The number of hydrogen-bond donors (Lipinski definition) is 1. The fraction of sp³-hybridized carbons (Fsp3) is 0.200. The standard InChI is InChI=1S/C15H17N/c1-2-16(15-11-7-4-8-12-15)13-14-9-5-3-6-10-14/h3-12H,2,13H2,1H3/p+1. The summed E-state index contributed by atoms with van der Waals surface area (Å²) in [5, 5.41) is 0. The molecule has 1 atom stereocenters. The lowest BCUT2D eigenvalue weighted by Gasteiger charge is -2.17. The van der Waals surface area contributed by atoms with Crippen LogP contribution in [0.25, 0.3) is 0 Å². The second-order valence-electron chi connectivity index (χ2n) is 3.99. The molecule has 0 aromatic heterocycles. The molecule has 1 N–H and O–H groups in total. The number of benzene rings is 2. The third kappa shape index (κ3) is 2.71. The van der Waals surface area contributed by atoms with Gasteiger partial charge in [0.15, 0.2) is 0 Å². The van der Waals surface area contributed by atoms with Gasteiger partial charge in [0.2, 0.25) is 0 Å². The highest BCUT2D eigenvalue weighted by molar-refractivity contribution is 5.28. The Kier molecular flexibility index (Phi) is 3.73. The largest absolute Gasteiger partial charge is 0.299 e. The molecule has 0 spiro atoms. The summed E-state index contributed by atoms with van der Waals surface area (Å²) in [6, 6.07) is 21.3. The summed E-state index contributed by atoms with van der Waals surface area (Å²) in [5.74, 6) is 0. The second-order valence-corrected chi connectivity index (χ2v) is 3.99. The van der Waals surface area contributed by atoms with Gasteiger partial charge in [-0.05, 0) is 19.1 Å². The minimum Gasteiger partial charge on any atom is -0.299 e. The molecule has 16 heavy (non-hydrogen) atoms. The van der Waals surface area contributed by atoms with Crippen molar-refractivity contribution in [2.24, 2.45) is 0 Å². The fourth-order valence-corrected chi connectivity index (χ4v) is 1.95. The zero-order valence-corrected chi connectivity index (χ0v) is 9.69. The maximum atomic E-state index is 2.23. The Morgan fingerprint density at radius 2 is 1.38 bits per heavy atom. The smallest absolute Gasteiger partial charge is 0.131 e. The minimum absolute atomic E-state index is 1.06. The van der Waals surface area contributed by atoms with Gasteiger partial charge in [0.05, 0.1) is 6.54 Å². The van der Waals surface area contributed by atoms with E-state index < -0.39 is 0 Å². The Morgan fingerprint density at radius 1 is 0.812 bits per heavy atom. The molecule has 0 saturated heterocycles. The first-order chi connectivity index (χ1) is 7.90. The molecular weight excluding hydrogens is 194 g/mol. The number of rotatable bonds is 4. The van der Waals surface area contributed by atoms with Gasteiger partial charge >= 0.3 is 0 Å². The molecule has 0 radical (unpaired) electrons. The first-order valence-electron chi connectivity index (χ1n) is 5.84. The molecule has 0 amide bonds. The average Bonchev–Trinajstić information content (AvgIpc) is 2.38. The lowest BCUT2D eigenvalue weighted by atomic mass is 10.2. The topological polar surface area (TPSA) is 4.44 Å². The van der Waals surface area contributed by atoms with Crippen LogP contribution in [0.2, 0.25) is 0 Å². The van der Waals surface area contributed by atoms with E-state index in [9.17, 15) is 0 Å². The lowest BCUT2D eigenvalue weighted by molar-refractivity contribution is -0.845. The van der Waals surface area contributed by atoms with Crippen molar-refractivity contribution in [3.8, 4) is 0 Å². The second kappa shape index (κ2) is 5.47. The van der Waals surface area contributed by atoms with Crippen LogP contribution in [-0.4, -0.2) is 6.54 Å². The molecule has 0 aliphatic rings. The molecule has 0 aliphatic heterocycles. The van der Waals surface area contributed by atoms with Crippen LogP contribution in [0.1, 0.15) is 12.5 Å². The molecule has 0 fully saturated rings. The van der Waals surface area contributed by atoms with Gasteiger partial charge in [-0.25, -0.2) is 0 Å². The van der Waals surface area contributed by atoms with E-state index in [0.717, 1.165) is 13.1 Å². The van der Waals surface area contributed by atoms with E-state index in [1.165, 1.54) is 16.2 Å². The first kappa shape index (κ1) is 10.9. The summed E-state index contributed by atoms with van der Waals surface area (Å²) >= 11 is 0. The van der Waals surface area contributed by atoms with Crippen molar-refractivity contribution in [2.45, 2.75) is 13.5 Å². The number of quaternary nitrogens is 1. The minimum atomic E-state index is 1.06. The van der Waals surface area contributed by atoms with Crippen LogP contribution in [0.3, 0.4) is 0 Å². The Labute approximate surface area is 97.3 Å². The highest BCUT2D eigenvalue weighted by atomic mass is 15.1. The van der Waals surface area contributed by atoms with E-state index in [1.54, 1.807) is 0 Å². The summed E-state index contributed by atoms with van der Waals surface area (Å²) < 4.78 is 0. The zero-order valence-electron chi connectivity index (χ0n) is 9.69. The average molecular weight is 212 g/mol. The van der Waals surface area contributed by atoms with Gasteiger partial charge in [0.1, 0.15) is 12.2 Å². The maximum absolute atomic E-state index is 2.23. The van der Waals surface area contributed by atoms with Crippen molar-refractivity contribution < 1.29 is 4.90 Å². The molecule has 1 nitrogen and oxygen atoms in total. The molecule has 82 valence electrons. The molecule has 0 saturated carbocycles. The Morgan fingerprint density at radius 3 is 1.94 bits per heavy atom. The van der Waals surface area contributed by atoms with Gasteiger partial charge in [-0.3, -0.25) is 4.90 Å². The highest BCUT2D eigenvalue weighted by Gasteiger charge is 2.09. The van der Waals surface area contributed by atoms with E-state index in [-0.39, 0.29) is 0 Å². The normalized spacial score (nSPS) is 12.3. The van der Waals surface area contributed by atoms with Gasteiger partial charge in [-0.1, -0.05) is 48.5 Å². The van der Waals surface area contributed by atoms with E-state index >= 15 is 0 Å². The van der Waals surface area contributed by atoms with Crippen molar-refractivity contribution in [1.82, 2.24) is 0 Å². The van der Waals surface area contributed by atoms with Crippen LogP contribution in [0, 0.1) is 0 Å². The van der Waals surface area contributed by atoms with Crippen LogP contribution in [0.4, 0.5) is 5.69 Å². The Bertz CT molecular complexity index is 408.